The Hall–Kier alpha value is -8.25. The predicted molar refractivity (Wildman–Crippen MR) is 318 cm³/mol. The molecule has 0 saturated carbocycles. The molecule has 0 atom stereocenters. The Morgan fingerprint density at radius 1 is 0.468 bits per heavy atom. The fourth-order valence-corrected chi connectivity index (χ4v) is 11.8. The topological polar surface area (TPSA) is 38.5 Å². The van der Waals surface area contributed by atoms with Crippen molar-refractivity contribution in [3.8, 4) is 56.4 Å². The van der Waals surface area contributed by atoms with Crippen LogP contribution in [-0.2, 0) is 30.2 Å². The number of fused-ring (bicyclic) bond motifs is 2. The van der Waals surface area contributed by atoms with Crippen molar-refractivity contribution in [2.24, 2.45) is 0 Å². The molecule has 0 radical (unpaired) electrons. The SMILES string of the molecule is [2H]C([2H])([2H])c1ccccc1-c1ccc(N2B(c3ccccc3)N(c3ccccc3)c3ccccc32)nc1Oc1cccc(-n2[c](=[Pt])n(-c3c(-c4ccccc4)cc(C(C)(C)C)cc3-c3ccc(C(C)(C)C)cc3)c3ccccc32)c1. The van der Waals surface area contributed by atoms with Gasteiger partial charge in [-0.1, -0.05) is 60.7 Å². The zero-order valence-electron chi connectivity index (χ0n) is 47.1. The first kappa shape index (κ1) is 46.1. The molecule has 1 aliphatic rings. The van der Waals surface area contributed by atoms with Crippen LogP contribution in [-0.4, -0.2) is 21.1 Å². The van der Waals surface area contributed by atoms with Crippen LogP contribution in [0.4, 0.5) is 22.9 Å². The number of hydrogen-bond acceptors (Lipinski definition) is 4. The number of anilines is 4. The van der Waals surface area contributed by atoms with Crippen molar-refractivity contribution in [1.82, 2.24) is 14.1 Å². The van der Waals surface area contributed by atoms with Gasteiger partial charge in [0.25, 0.3) is 0 Å². The van der Waals surface area contributed by atoms with Gasteiger partial charge in [-0.2, -0.15) is 0 Å². The molecule has 0 spiro atoms. The Morgan fingerprint density at radius 3 is 1.69 bits per heavy atom. The third-order valence-electron chi connectivity index (χ3n) is 14.7. The summed E-state index contributed by atoms with van der Waals surface area (Å²) in [5, 5.41) is 0. The van der Waals surface area contributed by atoms with E-state index in [-0.39, 0.29) is 29.3 Å². The molecule has 0 fully saturated rings. The van der Waals surface area contributed by atoms with E-state index < -0.39 is 6.85 Å². The van der Waals surface area contributed by atoms with Crippen LogP contribution in [0.5, 0.6) is 11.6 Å². The summed E-state index contributed by atoms with van der Waals surface area (Å²) in [5.74, 6) is 1.44. The zero-order chi connectivity index (χ0) is 55.5. The first-order valence-corrected chi connectivity index (χ1v) is 27.4. The van der Waals surface area contributed by atoms with Crippen LogP contribution in [0.1, 0.15) is 62.3 Å². The summed E-state index contributed by atoms with van der Waals surface area (Å²) in [6.45, 7) is 10.9. The molecule has 380 valence electrons. The van der Waals surface area contributed by atoms with Crippen LogP contribution in [0.2, 0.25) is 0 Å². The monoisotopic (exact) mass is 1180 g/mol. The Labute approximate surface area is 468 Å². The quantitative estimate of drug-likeness (QED) is 0.128. The van der Waals surface area contributed by atoms with Gasteiger partial charge in [-0.15, -0.1) is 0 Å². The molecule has 0 aliphatic carbocycles. The minimum absolute atomic E-state index is 0.00157. The number of pyridine rings is 1. The number of aryl methyl sites for hydroxylation is 1. The molecule has 6 nitrogen and oxygen atoms in total. The standard InChI is InChI=1S/C69H60BN5O.Pt/c1-48-24-17-18-33-57(48)58-42-43-65(75-64-37-22-21-36-63(64)74(54-29-15-10-16-30-54)70(75)53-27-13-9-14-28-53)71-67(58)76-56-32-23-31-55(46-56)72-47-73(62-35-20-19-34-61(62)72)66-59(49-25-11-8-12-26-49)44-52(69(5,6)7)45-60(66)50-38-40-51(41-39-50)68(2,3)4;/h8-46H,1-7H3;/i1D3;. The van der Waals surface area contributed by atoms with Crippen LogP contribution in [0.3, 0.4) is 0 Å². The molecule has 0 N–H and O–H groups in total. The Bertz CT molecular complexity index is 4150. The summed E-state index contributed by atoms with van der Waals surface area (Å²) in [4.78, 5) is 10.1. The van der Waals surface area contributed by atoms with Crippen LogP contribution in [0.25, 0.3) is 55.8 Å². The van der Waals surface area contributed by atoms with Crippen LogP contribution in [0.15, 0.2) is 237 Å². The second-order valence-electron chi connectivity index (χ2n) is 21.8. The Kier molecular flexibility index (Phi) is 12.0. The number of hydrogen-bond donors (Lipinski definition) is 0. The average Bonchev–Trinajstić information content (AvgIpc) is 3.80. The van der Waals surface area contributed by atoms with E-state index in [4.69, 9.17) is 13.8 Å². The van der Waals surface area contributed by atoms with Crippen molar-refractivity contribution in [2.75, 3.05) is 9.62 Å². The van der Waals surface area contributed by atoms with E-state index in [1.54, 1.807) is 12.1 Å². The molecular weight excluding hydrogens is 1120 g/mol. The van der Waals surface area contributed by atoms with E-state index in [1.807, 2.05) is 48.5 Å². The maximum atomic E-state index is 8.66. The van der Waals surface area contributed by atoms with E-state index in [1.165, 1.54) is 11.1 Å². The molecule has 3 heterocycles. The van der Waals surface area contributed by atoms with Gasteiger partial charge in [0.1, 0.15) is 0 Å². The maximum absolute atomic E-state index is 8.66. The van der Waals surface area contributed by atoms with Gasteiger partial charge in [0.05, 0.1) is 0 Å². The van der Waals surface area contributed by atoms with Gasteiger partial charge in [0.2, 0.25) is 0 Å². The number of rotatable bonds is 10. The van der Waals surface area contributed by atoms with Crippen LogP contribution >= 0.6 is 0 Å². The van der Waals surface area contributed by atoms with Gasteiger partial charge in [0, 0.05) is 5.69 Å². The molecule has 0 unspecified atom stereocenters. The molecule has 8 heteroatoms. The third kappa shape index (κ3) is 9.27. The molecule has 0 saturated heterocycles. The summed E-state index contributed by atoms with van der Waals surface area (Å²) in [7, 11) is 0. The van der Waals surface area contributed by atoms with Gasteiger partial charge in [-0.25, -0.2) is 0 Å². The summed E-state index contributed by atoms with van der Waals surface area (Å²) in [6, 6.07) is 81.7. The van der Waals surface area contributed by atoms with Gasteiger partial charge in [-0.05, 0) is 18.2 Å². The van der Waals surface area contributed by atoms with Crippen molar-refractivity contribution in [1.29, 1.82) is 0 Å². The molecule has 0 bridgehead atoms. The molecule has 11 aromatic rings. The summed E-state index contributed by atoms with van der Waals surface area (Å²) < 4.78 is 38.8. The van der Waals surface area contributed by atoms with Crippen molar-refractivity contribution in [3.63, 3.8) is 0 Å². The van der Waals surface area contributed by atoms with Gasteiger partial charge >= 0.3 is 386 Å². The fraction of sp³-hybridized carbons (Fsp3) is 0.130. The zero-order valence-corrected chi connectivity index (χ0v) is 46.3. The Morgan fingerprint density at radius 2 is 1.03 bits per heavy atom. The molecule has 9 aromatic carbocycles. The average molecular weight is 1180 g/mol. The summed E-state index contributed by atoms with van der Waals surface area (Å²) in [5.41, 5.74) is 16.3. The second-order valence-corrected chi connectivity index (χ2v) is 22.8. The molecule has 77 heavy (non-hydrogen) atoms. The van der Waals surface area contributed by atoms with Crippen molar-refractivity contribution >= 4 is 46.4 Å². The van der Waals surface area contributed by atoms with Crippen molar-refractivity contribution in [3.05, 3.63) is 257 Å². The van der Waals surface area contributed by atoms with Crippen LogP contribution in [0, 0.1) is 10.7 Å². The summed E-state index contributed by atoms with van der Waals surface area (Å²) >= 11 is 2.50. The van der Waals surface area contributed by atoms with Crippen LogP contribution < -0.4 is 19.8 Å². The van der Waals surface area contributed by atoms with E-state index in [9.17, 15) is 0 Å². The van der Waals surface area contributed by atoms with Crippen molar-refractivity contribution in [2.45, 2.75) is 59.2 Å². The molecule has 0 amide bonds. The minimum atomic E-state index is -2.40. The first-order chi connectivity index (χ1) is 38.5. The van der Waals surface area contributed by atoms with E-state index in [0.717, 1.165) is 71.0 Å². The number of benzene rings is 9. The normalized spacial score (nSPS) is 13.4. The van der Waals surface area contributed by atoms with E-state index in [2.05, 4.69) is 256 Å². The predicted octanol–water partition coefficient (Wildman–Crippen LogP) is 17.3. The second kappa shape index (κ2) is 20.0. The van der Waals surface area contributed by atoms with Crippen molar-refractivity contribution < 1.29 is 28.2 Å². The van der Waals surface area contributed by atoms with Gasteiger partial charge < -0.3 is 0 Å². The van der Waals surface area contributed by atoms with E-state index >= 15 is 0 Å². The fourth-order valence-electron chi connectivity index (χ4n) is 10.7. The number of nitrogens with zero attached hydrogens (tertiary/aromatic N) is 5. The number of ether oxygens (including phenoxy) is 1. The molecule has 12 rings (SSSR count). The third-order valence-corrected chi connectivity index (χ3v) is 15.7. The molecule has 2 aromatic heterocycles. The number of imidazole rings is 1. The van der Waals surface area contributed by atoms with E-state index in [0.29, 0.717) is 22.7 Å². The molecular formula is C69H60BN5OPt. The molecule has 1 aliphatic heterocycles. The first-order valence-electron chi connectivity index (χ1n) is 27.7. The number of aromatic nitrogens is 3. The Balaban J connectivity index is 1.04. The van der Waals surface area contributed by atoms with Gasteiger partial charge in [0.15, 0.2) is 0 Å². The number of para-hydroxylation sites is 5. The van der Waals surface area contributed by atoms with Gasteiger partial charge in [-0.3, -0.25) is 0 Å². The summed E-state index contributed by atoms with van der Waals surface area (Å²) in [6.07, 6.45) is 0.